The first-order valence-corrected chi connectivity index (χ1v) is 6.46. The van der Waals surface area contributed by atoms with Crippen molar-refractivity contribution in [3.63, 3.8) is 0 Å². The summed E-state index contributed by atoms with van der Waals surface area (Å²) in [7, 11) is 0. The van der Waals surface area contributed by atoms with Gasteiger partial charge in [-0.25, -0.2) is 0 Å². The second kappa shape index (κ2) is 6.46. The summed E-state index contributed by atoms with van der Waals surface area (Å²) in [6, 6.07) is 10.6. The predicted octanol–water partition coefficient (Wildman–Crippen LogP) is 2.85. The van der Waals surface area contributed by atoms with E-state index < -0.39 is 24.5 Å². The van der Waals surface area contributed by atoms with Gasteiger partial charge in [-0.15, -0.1) is 0 Å². The summed E-state index contributed by atoms with van der Waals surface area (Å²) in [4.78, 5) is 22.4. The highest BCUT2D eigenvalue weighted by atomic mass is 19.4. The van der Waals surface area contributed by atoms with Crippen LogP contribution in [0, 0.1) is 0 Å². The molecule has 2 aromatic carbocycles. The minimum absolute atomic E-state index is 0.0824. The van der Waals surface area contributed by atoms with Gasteiger partial charge in [-0.1, -0.05) is 36.4 Å². The molecule has 0 radical (unpaired) electrons. The van der Waals surface area contributed by atoms with Crippen molar-refractivity contribution in [1.82, 2.24) is 5.32 Å². The van der Waals surface area contributed by atoms with Crippen molar-refractivity contribution in [2.75, 3.05) is 5.32 Å². The van der Waals surface area contributed by atoms with Crippen molar-refractivity contribution in [2.45, 2.75) is 18.6 Å². The van der Waals surface area contributed by atoms with E-state index in [4.69, 9.17) is 0 Å². The van der Waals surface area contributed by atoms with Gasteiger partial charge in [-0.3, -0.25) is 9.59 Å². The van der Waals surface area contributed by atoms with Crippen LogP contribution in [-0.2, 0) is 9.59 Å². The number of rotatable bonds is 5. The van der Waals surface area contributed by atoms with Crippen LogP contribution in [0.3, 0.4) is 0 Å². The van der Waals surface area contributed by atoms with E-state index in [1.807, 2.05) is 23.5 Å². The molecule has 0 bridgehead atoms. The number of anilines is 1. The molecule has 2 amide bonds. The fourth-order valence-electron chi connectivity index (χ4n) is 2.10. The van der Waals surface area contributed by atoms with Crippen LogP contribution in [0.15, 0.2) is 42.5 Å². The monoisotopic (exact) mass is 310 g/mol. The van der Waals surface area contributed by atoms with Crippen molar-refractivity contribution < 1.29 is 22.8 Å². The number of carbonyl (C=O) groups excluding carboxylic acids is 2. The van der Waals surface area contributed by atoms with Crippen LogP contribution < -0.4 is 10.6 Å². The molecule has 7 heteroatoms. The molecular formula is C15H13F3N2O2. The highest BCUT2D eigenvalue weighted by Crippen LogP contribution is 2.25. The summed E-state index contributed by atoms with van der Waals surface area (Å²) in [5, 5.41) is 5.87. The third-order valence-corrected chi connectivity index (χ3v) is 3.07. The maximum Gasteiger partial charge on any atom is 0.391 e. The van der Waals surface area contributed by atoms with Crippen LogP contribution >= 0.6 is 0 Å². The zero-order valence-electron chi connectivity index (χ0n) is 11.4. The molecule has 0 saturated carbocycles. The molecule has 2 rings (SSSR count). The smallest absolute Gasteiger partial charge is 0.347 e. The zero-order chi connectivity index (χ0) is 16.2. The van der Waals surface area contributed by atoms with Crippen molar-refractivity contribution in [3.8, 4) is 0 Å². The first-order valence-electron chi connectivity index (χ1n) is 6.46. The highest BCUT2D eigenvalue weighted by Gasteiger charge is 2.35. The number of amides is 2. The van der Waals surface area contributed by atoms with Crippen LogP contribution in [0.1, 0.15) is 6.42 Å². The standard InChI is InChI=1S/C15H13F3N2O2/c16-15(17,18)8-13(19-9-21)14(22)20-12-7-3-5-10-4-1-2-6-11(10)12/h1-7,9,13H,8H2,(H,19,21)(H,20,22). The van der Waals surface area contributed by atoms with Gasteiger partial charge in [-0.05, 0) is 11.5 Å². The van der Waals surface area contributed by atoms with Crippen LogP contribution in [0.25, 0.3) is 10.8 Å². The molecule has 22 heavy (non-hydrogen) atoms. The molecule has 0 aliphatic carbocycles. The Morgan fingerprint density at radius 2 is 1.82 bits per heavy atom. The van der Waals surface area contributed by atoms with Gasteiger partial charge in [0, 0.05) is 11.1 Å². The average Bonchev–Trinajstić information content (AvgIpc) is 2.46. The molecular weight excluding hydrogens is 297 g/mol. The largest absolute Gasteiger partial charge is 0.391 e. The molecule has 4 nitrogen and oxygen atoms in total. The zero-order valence-corrected chi connectivity index (χ0v) is 11.4. The van der Waals surface area contributed by atoms with Crippen molar-refractivity contribution in [2.24, 2.45) is 0 Å². The Morgan fingerprint density at radius 3 is 2.50 bits per heavy atom. The van der Waals surface area contributed by atoms with Crippen LogP contribution in [-0.4, -0.2) is 24.5 Å². The minimum Gasteiger partial charge on any atom is -0.347 e. The number of hydrogen-bond donors (Lipinski definition) is 2. The number of fused-ring (bicyclic) bond motifs is 1. The molecule has 0 heterocycles. The predicted molar refractivity (Wildman–Crippen MR) is 76.2 cm³/mol. The molecule has 2 N–H and O–H groups in total. The van der Waals surface area contributed by atoms with E-state index in [2.05, 4.69) is 5.32 Å². The Bertz CT molecular complexity index is 681. The summed E-state index contributed by atoms with van der Waals surface area (Å²) in [6.07, 6.45) is -5.90. The number of carbonyl (C=O) groups is 2. The summed E-state index contributed by atoms with van der Waals surface area (Å²) in [5.74, 6) is -0.916. The van der Waals surface area contributed by atoms with Gasteiger partial charge >= 0.3 is 6.18 Å². The van der Waals surface area contributed by atoms with Crippen LogP contribution in [0.5, 0.6) is 0 Å². The van der Waals surface area contributed by atoms with Gasteiger partial charge in [-0.2, -0.15) is 13.2 Å². The molecule has 2 aromatic rings. The Labute approximate surface area is 124 Å². The number of alkyl halides is 3. The minimum atomic E-state index is -4.56. The topological polar surface area (TPSA) is 58.2 Å². The highest BCUT2D eigenvalue weighted by molar-refractivity contribution is 6.04. The van der Waals surface area contributed by atoms with E-state index >= 15 is 0 Å². The number of benzene rings is 2. The lowest BCUT2D eigenvalue weighted by Gasteiger charge is -2.18. The van der Waals surface area contributed by atoms with Gasteiger partial charge in [0.05, 0.1) is 6.42 Å². The van der Waals surface area contributed by atoms with E-state index in [9.17, 15) is 22.8 Å². The van der Waals surface area contributed by atoms with Crippen LogP contribution in [0.4, 0.5) is 18.9 Å². The Morgan fingerprint density at radius 1 is 1.14 bits per heavy atom. The van der Waals surface area contributed by atoms with Crippen molar-refractivity contribution in [3.05, 3.63) is 42.5 Å². The fraction of sp³-hybridized carbons (Fsp3) is 0.200. The average molecular weight is 310 g/mol. The molecule has 0 aromatic heterocycles. The lowest BCUT2D eigenvalue weighted by molar-refractivity contribution is -0.148. The van der Waals surface area contributed by atoms with Gasteiger partial charge in [0.15, 0.2) is 0 Å². The lowest BCUT2D eigenvalue weighted by atomic mass is 10.1. The van der Waals surface area contributed by atoms with Gasteiger partial charge < -0.3 is 10.6 Å². The second-order valence-electron chi connectivity index (χ2n) is 4.67. The Balaban J connectivity index is 2.23. The van der Waals surface area contributed by atoms with E-state index in [1.54, 1.807) is 24.3 Å². The first kappa shape index (κ1) is 15.8. The third kappa shape index (κ3) is 3.97. The molecule has 1 atom stereocenters. The molecule has 0 saturated heterocycles. The second-order valence-corrected chi connectivity index (χ2v) is 4.67. The molecule has 0 spiro atoms. The van der Waals surface area contributed by atoms with Gasteiger partial charge in [0.25, 0.3) is 0 Å². The van der Waals surface area contributed by atoms with Gasteiger partial charge in [0.1, 0.15) is 6.04 Å². The Hall–Kier alpha value is -2.57. The van der Waals surface area contributed by atoms with Crippen molar-refractivity contribution >= 4 is 28.8 Å². The fourth-order valence-corrected chi connectivity index (χ4v) is 2.10. The van der Waals surface area contributed by atoms with E-state index in [0.717, 1.165) is 5.39 Å². The van der Waals surface area contributed by atoms with Gasteiger partial charge in [0.2, 0.25) is 12.3 Å². The van der Waals surface area contributed by atoms with E-state index in [-0.39, 0.29) is 6.41 Å². The summed E-state index contributed by atoms with van der Waals surface area (Å²) >= 11 is 0. The van der Waals surface area contributed by atoms with E-state index in [1.165, 1.54) is 0 Å². The molecule has 0 aliphatic heterocycles. The SMILES string of the molecule is O=CNC(CC(F)(F)F)C(=O)Nc1cccc2ccccc12. The molecule has 0 fully saturated rings. The number of nitrogens with one attached hydrogen (secondary N) is 2. The van der Waals surface area contributed by atoms with Crippen molar-refractivity contribution in [1.29, 1.82) is 0 Å². The molecule has 0 aliphatic rings. The molecule has 116 valence electrons. The maximum absolute atomic E-state index is 12.4. The maximum atomic E-state index is 12.4. The first-order chi connectivity index (χ1) is 10.4. The summed E-state index contributed by atoms with van der Waals surface area (Å²) < 4.78 is 37.3. The lowest BCUT2D eigenvalue weighted by Crippen LogP contribution is -2.42. The normalized spacial score (nSPS) is 12.7. The van der Waals surface area contributed by atoms with Crippen LogP contribution in [0.2, 0.25) is 0 Å². The summed E-state index contributed by atoms with van der Waals surface area (Å²) in [6.45, 7) is 0. The Kier molecular flexibility index (Phi) is 4.65. The van der Waals surface area contributed by atoms with E-state index in [0.29, 0.717) is 11.1 Å². The third-order valence-electron chi connectivity index (χ3n) is 3.07. The summed E-state index contributed by atoms with van der Waals surface area (Å²) in [5.41, 5.74) is 0.392. The number of hydrogen-bond acceptors (Lipinski definition) is 2. The number of halogens is 3. The molecule has 1 unspecified atom stereocenters. The quantitative estimate of drug-likeness (QED) is 0.834.